The lowest BCUT2D eigenvalue weighted by Crippen LogP contribution is -2.29. The molecule has 8 heteroatoms. The highest BCUT2D eigenvalue weighted by molar-refractivity contribution is 7.19. The maximum absolute atomic E-state index is 5.97. The maximum atomic E-state index is 5.97. The number of methoxy groups -OCH3 is 2. The molecule has 1 heterocycles. The number of nitrogens with two attached hydrogens (primary N) is 1. The van der Waals surface area contributed by atoms with Crippen molar-refractivity contribution in [1.82, 2.24) is 9.88 Å². The van der Waals surface area contributed by atoms with Gasteiger partial charge in [0.25, 0.3) is 0 Å². The van der Waals surface area contributed by atoms with Crippen LogP contribution in [0.15, 0.2) is 53.5 Å². The molecular formula is C20H23ClN4O2S. The molecule has 0 atom stereocenters. The van der Waals surface area contributed by atoms with Crippen molar-refractivity contribution in [2.75, 3.05) is 28.3 Å². The molecule has 0 aliphatic heterocycles. The standard InChI is InChI=1S/C20H22N4O2S.ClH/c1-24(2)19(21)23-20-22-17(13-5-9-15(25-3)10-6-13)18(27-20)14-7-11-16(26-4)12-8-14;/h5-12H,1-4H3,(H2,21,22,23);1H. The summed E-state index contributed by atoms with van der Waals surface area (Å²) >= 11 is 1.50. The van der Waals surface area contributed by atoms with Crippen molar-refractivity contribution >= 4 is 34.8 Å². The lowest BCUT2D eigenvalue weighted by molar-refractivity contribution is 0.414. The predicted octanol–water partition coefficient (Wildman–Crippen LogP) is 4.42. The van der Waals surface area contributed by atoms with Crippen molar-refractivity contribution in [2.45, 2.75) is 0 Å². The topological polar surface area (TPSA) is 73.0 Å². The van der Waals surface area contributed by atoms with Gasteiger partial charge < -0.3 is 20.1 Å². The molecule has 0 unspecified atom stereocenters. The zero-order chi connectivity index (χ0) is 19.4. The van der Waals surface area contributed by atoms with Gasteiger partial charge in [-0.15, -0.1) is 12.4 Å². The molecule has 0 saturated heterocycles. The van der Waals surface area contributed by atoms with Crippen LogP contribution < -0.4 is 15.2 Å². The number of nitrogens with zero attached hydrogens (tertiary/aromatic N) is 3. The van der Waals surface area contributed by atoms with E-state index in [1.165, 1.54) is 11.3 Å². The van der Waals surface area contributed by atoms with Crippen LogP contribution in [0, 0.1) is 0 Å². The molecule has 0 fully saturated rings. The fourth-order valence-electron chi connectivity index (χ4n) is 2.44. The van der Waals surface area contributed by atoms with Crippen LogP contribution in [0.4, 0.5) is 5.13 Å². The van der Waals surface area contributed by atoms with Crippen LogP contribution >= 0.6 is 23.7 Å². The first kappa shape index (κ1) is 21.5. The van der Waals surface area contributed by atoms with E-state index in [1.807, 2.05) is 62.6 Å². The minimum Gasteiger partial charge on any atom is -0.497 e. The Bertz CT molecular complexity index is 873. The van der Waals surface area contributed by atoms with Gasteiger partial charge in [-0.3, -0.25) is 0 Å². The van der Waals surface area contributed by atoms with Crippen LogP contribution in [0.3, 0.4) is 0 Å². The van der Waals surface area contributed by atoms with Crippen LogP contribution in [-0.4, -0.2) is 44.2 Å². The second kappa shape index (κ2) is 9.43. The summed E-state index contributed by atoms with van der Waals surface area (Å²) in [6.45, 7) is 0. The van der Waals surface area contributed by atoms with E-state index in [9.17, 15) is 0 Å². The Morgan fingerprint density at radius 1 is 0.929 bits per heavy atom. The Hall–Kier alpha value is -2.77. The van der Waals surface area contributed by atoms with E-state index in [1.54, 1.807) is 19.1 Å². The number of halogens is 1. The van der Waals surface area contributed by atoms with Crippen molar-refractivity contribution in [3.05, 3.63) is 48.5 Å². The molecule has 1 aromatic heterocycles. The molecule has 0 aliphatic rings. The number of benzene rings is 2. The highest BCUT2D eigenvalue weighted by atomic mass is 35.5. The number of aliphatic imine (C=N–C) groups is 1. The van der Waals surface area contributed by atoms with Gasteiger partial charge >= 0.3 is 0 Å². The Morgan fingerprint density at radius 3 is 1.89 bits per heavy atom. The zero-order valence-corrected chi connectivity index (χ0v) is 17.8. The summed E-state index contributed by atoms with van der Waals surface area (Å²) in [4.78, 5) is 11.9. The smallest absolute Gasteiger partial charge is 0.213 e. The number of rotatable bonds is 5. The van der Waals surface area contributed by atoms with Gasteiger partial charge in [-0.1, -0.05) is 11.3 Å². The van der Waals surface area contributed by atoms with Gasteiger partial charge in [-0.2, -0.15) is 4.99 Å². The quantitative estimate of drug-likeness (QED) is 0.490. The minimum atomic E-state index is 0. The Kier molecular flexibility index (Phi) is 7.25. The first-order valence-corrected chi connectivity index (χ1v) is 9.14. The molecule has 3 rings (SSSR count). The van der Waals surface area contributed by atoms with Crippen molar-refractivity contribution in [3.63, 3.8) is 0 Å². The summed E-state index contributed by atoms with van der Waals surface area (Å²) in [5.41, 5.74) is 8.86. The van der Waals surface area contributed by atoms with Gasteiger partial charge in [-0.25, -0.2) is 4.98 Å². The Labute approximate surface area is 175 Å². The van der Waals surface area contributed by atoms with Crippen LogP contribution in [0.1, 0.15) is 0 Å². The third kappa shape index (κ3) is 4.74. The van der Waals surface area contributed by atoms with Crippen LogP contribution in [0.25, 0.3) is 21.7 Å². The second-order valence-corrected chi connectivity index (χ2v) is 6.97. The van der Waals surface area contributed by atoms with Gasteiger partial charge in [0.05, 0.1) is 24.8 Å². The molecular weight excluding hydrogens is 396 g/mol. The van der Waals surface area contributed by atoms with Crippen LogP contribution in [0.5, 0.6) is 11.5 Å². The molecule has 3 aromatic rings. The highest BCUT2D eigenvalue weighted by Gasteiger charge is 2.16. The average molecular weight is 419 g/mol. The lowest BCUT2D eigenvalue weighted by Gasteiger charge is -2.08. The van der Waals surface area contributed by atoms with Crippen LogP contribution in [-0.2, 0) is 0 Å². The first-order chi connectivity index (χ1) is 13.0. The predicted molar refractivity (Wildman–Crippen MR) is 118 cm³/mol. The summed E-state index contributed by atoms with van der Waals surface area (Å²) in [5, 5.41) is 0.609. The SMILES string of the molecule is COc1ccc(-c2nc(N=C(N)N(C)C)sc2-c2ccc(OC)cc2)cc1.Cl. The number of guanidine groups is 1. The van der Waals surface area contributed by atoms with E-state index < -0.39 is 0 Å². The van der Waals surface area contributed by atoms with E-state index in [0.717, 1.165) is 33.2 Å². The second-order valence-electron chi connectivity index (χ2n) is 6.00. The van der Waals surface area contributed by atoms with E-state index in [2.05, 4.69) is 4.99 Å². The first-order valence-electron chi connectivity index (χ1n) is 8.33. The number of thiazole rings is 1. The monoisotopic (exact) mass is 418 g/mol. The van der Waals surface area contributed by atoms with Gasteiger partial charge in [-0.05, 0) is 54.1 Å². The van der Waals surface area contributed by atoms with E-state index >= 15 is 0 Å². The molecule has 0 spiro atoms. The summed E-state index contributed by atoms with van der Waals surface area (Å²) in [7, 11) is 7.00. The molecule has 0 bridgehead atoms. The normalized spacial score (nSPS) is 10.9. The van der Waals surface area contributed by atoms with Crippen molar-refractivity contribution < 1.29 is 9.47 Å². The minimum absolute atomic E-state index is 0. The van der Waals surface area contributed by atoms with Gasteiger partial charge in [0.1, 0.15) is 11.5 Å². The van der Waals surface area contributed by atoms with Crippen molar-refractivity contribution in [2.24, 2.45) is 10.7 Å². The molecule has 2 N–H and O–H groups in total. The molecule has 148 valence electrons. The van der Waals surface area contributed by atoms with Gasteiger partial charge in [0, 0.05) is 19.7 Å². The molecule has 0 amide bonds. The summed E-state index contributed by atoms with van der Waals surface area (Å²) in [6.07, 6.45) is 0. The van der Waals surface area contributed by atoms with E-state index in [4.69, 9.17) is 20.2 Å². The largest absolute Gasteiger partial charge is 0.497 e. The molecule has 0 aliphatic carbocycles. The summed E-state index contributed by atoms with van der Waals surface area (Å²) < 4.78 is 10.5. The third-order valence-electron chi connectivity index (χ3n) is 4.00. The molecule has 0 radical (unpaired) electrons. The molecule has 0 saturated carbocycles. The van der Waals surface area contributed by atoms with Gasteiger partial charge in [0.15, 0.2) is 5.96 Å². The van der Waals surface area contributed by atoms with E-state index in [0.29, 0.717) is 11.1 Å². The average Bonchev–Trinajstić information content (AvgIpc) is 3.11. The van der Waals surface area contributed by atoms with Crippen molar-refractivity contribution in [1.29, 1.82) is 0 Å². The van der Waals surface area contributed by atoms with Crippen molar-refractivity contribution in [3.8, 4) is 33.2 Å². The number of hydrogen-bond donors (Lipinski definition) is 1. The number of aromatic nitrogens is 1. The number of ether oxygens (including phenoxy) is 2. The summed E-state index contributed by atoms with van der Waals surface area (Å²) in [6, 6.07) is 15.7. The summed E-state index contributed by atoms with van der Waals surface area (Å²) in [5.74, 6) is 2.02. The number of hydrogen-bond acceptors (Lipinski definition) is 5. The zero-order valence-electron chi connectivity index (χ0n) is 16.2. The van der Waals surface area contributed by atoms with Crippen LogP contribution in [0.2, 0.25) is 0 Å². The Morgan fingerprint density at radius 2 is 1.43 bits per heavy atom. The van der Waals surface area contributed by atoms with E-state index in [-0.39, 0.29) is 12.4 Å². The molecule has 6 nitrogen and oxygen atoms in total. The highest BCUT2D eigenvalue weighted by Crippen LogP contribution is 2.40. The molecule has 28 heavy (non-hydrogen) atoms. The fourth-order valence-corrected chi connectivity index (χ4v) is 3.41. The third-order valence-corrected chi connectivity index (χ3v) is 5.00. The maximum Gasteiger partial charge on any atom is 0.213 e. The fraction of sp³-hybridized carbons (Fsp3) is 0.200. The van der Waals surface area contributed by atoms with Gasteiger partial charge in [0.2, 0.25) is 5.13 Å². The Balaban J connectivity index is 0.00000280. The lowest BCUT2D eigenvalue weighted by atomic mass is 10.1. The molecule has 2 aromatic carbocycles.